The van der Waals surface area contributed by atoms with Gasteiger partial charge in [0, 0.05) is 0 Å². The molecule has 1 fully saturated rings. The summed E-state index contributed by atoms with van der Waals surface area (Å²) in [5, 5.41) is 32.0. The third-order valence-electron chi connectivity index (χ3n) is 3.23. The van der Waals surface area contributed by atoms with Crippen molar-refractivity contribution in [3.8, 4) is 0 Å². The molecule has 1 aromatic carbocycles. The Morgan fingerprint density at radius 1 is 1.32 bits per heavy atom. The summed E-state index contributed by atoms with van der Waals surface area (Å²) in [4.78, 5) is 11.3. The summed E-state index contributed by atoms with van der Waals surface area (Å²) in [6.45, 7) is 0.960. The van der Waals surface area contributed by atoms with Crippen LogP contribution < -0.4 is 9.78 Å². The van der Waals surface area contributed by atoms with E-state index in [-0.39, 0.29) is 26.4 Å². The van der Waals surface area contributed by atoms with Crippen LogP contribution in [0.3, 0.4) is 0 Å². The van der Waals surface area contributed by atoms with Crippen LogP contribution in [0.5, 0.6) is 0 Å². The van der Waals surface area contributed by atoms with Crippen LogP contribution in [0, 0.1) is 0 Å². The van der Waals surface area contributed by atoms with E-state index < -0.39 is 29.8 Å². The predicted molar refractivity (Wildman–Crippen MR) is 84.8 cm³/mol. The Hall–Kier alpha value is -0.601. The first-order valence-corrected chi connectivity index (χ1v) is 10.6. The van der Waals surface area contributed by atoms with Crippen LogP contribution >= 0.6 is 10.2 Å². The Morgan fingerprint density at radius 3 is 2.59 bits per heavy atom. The van der Waals surface area contributed by atoms with Gasteiger partial charge in [0.05, 0.1) is 0 Å². The van der Waals surface area contributed by atoms with E-state index in [4.69, 9.17) is 4.74 Å². The number of nitrogens with one attached hydrogen (secondary N) is 1. The van der Waals surface area contributed by atoms with E-state index in [1.54, 1.807) is 0 Å². The molecule has 5 atom stereocenters. The van der Waals surface area contributed by atoms with Crippen molar-refractivity contribution in [2.75, 3.05) is 6.61 Å². The van der Waals surface area contributed by atoms with Crippen LogP contribution in [0.4, 0.5) is 0 Å². The molecule has 6 nitrogen and oxygen atoms in total. The third-order valence-corrected chi connectivity index (χ3v) is 7.70. The van der Waals surface area contributed by atoms with Gasteiger partial charge in [-0.2, -0.15) is 0 Å². The van der Waals surface area contributed by atoms with Crippen molar-refractivity contribution < 1.29 is 24.9 Å². The first-order chi connectivity index (χ1) is 10.5. The van der Waals surface area contributed by atoms with Crippen LogP contribution in [0.15, 0.2) is 30.3 Å². The van der Waals surface area contributed by atoms with Gasteiger partial charge in [-0.05, 0) is 0 Å². The monoisotopic (exact) mass is 393 g/mol. The summed E-state index contributed by atoms with van der Waals surface area (Å²) < 4.78 is 6.80. The molecule has 1 aromatic rings. The topological polar surface area (TPSA) is 99.0 Å². The average molecular weight is 392 g/mol. The fourth-order valence-corrected chi connectivity index (χ4v) is 6.35. The maximum absolute atomic E-state index is 11.3. The van der Waals surface area contributed by atoms with E-state index in [0.717, 1.165) is 4.46 Å². The second-order valence-corrected chi connectivity index (χ2v) is 9.00. The molecule has 0 radical (unpaired) electrons. The molecule has 2 rings (SSSR count). The van der Waals surface area contributed by atoms with Gasteiger partial charge in [0.15, 0.2) is 0 Å². The molecule has 4 N–H and O–H groups in total. The molecule has 0 spiro atoms. The molecular weight excluding hydrogens is 373 g/mol. The number of hydrogen-bond acceptors (Lipinski definition) is 6. The number of carbonyl (C=O) groups excluding carboxylic acids is 1. The first kappa shape index (κ1) is 17.7. The van der Waals surface area contributed by atoms with Gasteiger partial charge in [-0.1, -0.05) is 0 Å². The van der Waals surface area contributed by atoms with Crippen LogP contribution in [0.25, 0.3) is 0 Å². The third kappa shape index (κ3) is 4.45. The van der Waals surface area contributed by atoms with Gasteiger partial charge in [0.2, 0.25) is 0 Å². The molecule has 1 amide bonds. The SMILES string of the molecule is CC(=O)NC1C(S[Se]c2ccccc2)OC(CO)C(O)C1O. The van der Waals surface area contributed by atoms with Gasteiger partial charge < -0.3 is 0 Å². The molecule has 0 aliphatic carbocycles. The molecule has 1 aliphatic heterocycles. The van der Waals surface area contributed by atoms with E-state index in [1.165, 1.54) is 17.1 Å². The summed E-state index contributed by atoms with van der Waals surface area (Å²) in [5.41, 5.74) is -0.528. The van der Waals surface area contributed by atoms with Crippen LogP contribution in [-0.2, 0) is 9.53 Å². The van der Waals surface area contributed by atoms with Gasteiger partial charge in [-0.3, -0.25) is 0 Å². The predicted octanol–water partition coefficient (Wildman–Crippen LogP) is -1.39. The quantitative estimate of drug-likeness (QED) is 0.461. The average Bonchev–Trinajstić information content (AvgIpc) is 2.52. The number of benzene rings is 1. The zero-order chi connectivity index (χ0) is 16.1. The molecule has 1 saturated heterocycles. The maximum atomic E-state index is 11.3. The van der Waals surface area contributed by atoms with Crippen LogP contribution in [0.1, 0.15) is 6.92 Å². The molecule has 8 heteroatoms. The molecule has 0 aromatic heterocycles. The molecule has 1 aliphatic rings. The standard InChI is InChI=1S/C14H19NO5SSe/c1-8(17)15-11-13(19)12(18)10(7-16)20-14(11)21-22-9-5-3-2-4-6-9/h2-6,10-14,16,18-19H,7H2,1H3,(H,15,17). The van der Waals surface area contributed by atoms with Crippen molar-refractivity contribution >= 4 is 34.4 Å². The van der Waals surface area contributed by atoms with Crippen molar-refractivity contribution in [3.63, 3.8) is 0 Å². The number of rotatable bonds is 5. The number of carbonyl (C=O) groups is 1. The van der Waals surface area contributed by atoms with Gasteiger partial charge in [-0.25, -0.2) is 0 Å². The molecule has 5 unspecified atom stereocenters. The van der Waals surface area contributed by atoms with Gasteiger partial charge in [0.1, 0.15) is 0 Å². The molecular formula is C14H19NO5SSe. The summed E-state index contributed by atoms with van der Waals surface area (Å²) >= 11 is 0.0185. The fraction of sp³-hybridized carbons (Fsp3) is 0.500. The van der Waals surface area contributed by atoms with Crippen molar-refractivity contribution in [2.24, 2.45) is 0 Å². The fourth-order valence-electron chi connectivity index (χ4n) is 2.13. The Morgan fingerprint density at radius 2 is 2.00 bits per heavy atom. The van der Waals surface area contributed by atoms with Crippen molar-refractivity contribution in [2.45, 2.75) is 36.7 Å². The first-order valence-electron chi connectivity index (χ1n) is 6.81. The summed E-state index contributed by atoms with van der Waals surface area (Å²) in [6, 6.07) is 9.10. The molecule has 22 heavy (non-hydrogen) atoms. The molecule has 0 saturated carbocycles. The number of aliphatic hydroxyl groups is 3. The van der Waals surface area contributed by atoms with Crippen molar-refractivity contribution in [1.29, 1.82) is 0 Å². The normalized spacial score (nSPS) is 31.7. The van der Waals surface area contributed by atoms with Crippen molar-refractivity contribution in [1.82, 2.24) is 5.32 Å². The molecule has 1 heterocycles. The van der Waals surface area contributed by atoms with Crippen LogP contribution in [0.2, 0.25) is 0 Å². The summed E-state index contributed by atoms with van der Waals surface area (Å²) in [5.74, 6) is -0.305. The van der Waals surface area contributed by atoms with Gasteiger partial charge >= 0.3 is 138 Å². The van der Waals surface area contributed by atoms with E-state index in [1.807, 2.05) is 30.3 Å². The summed E-state index contributed by atoms with van der Waals surface area (Å²) in [7, 11) is 1.47. The summed E-state index contributed by atoms with van der Waals surface area (Å²) in [6.07, 6.45) is -3.27. The van der Waals surface area contributed by atoms with Gasteiger partial charge in [0.25, 0.3) is 0 Å². The Kier molecular flexibility index (Phi) is 6.70. The zero-order valence-corrected chi connectivity index (χ0v) is 14.5. The zero-order valence-electron chi connectivity index (χ0n) is 12.0. The Balaban J connectivity index is 2.07. The Bertz CT molecular complexity index is 491. The Labute approximate surface area is 138 Å². The number of hydrogen-bond donors (Lipinski definition) is 4. The number of amides is 1. The van der Waals surface area contributed by atoms with Crippen molar-refractivity contribution in [3.05, 3.63) is 30.3 Å². The minimum absolute atomic E-state index is 0.0185. The van der Waals surface area contributed by atoms with E-state index in [2.05, 4.69) is 5.32 Å². The second-order valence-electron chi connectivity index (χ2n) is 4.93. The number of ether oxygens (including phenoxy) is 1. The van der Waals surface area contributed by atoms with E-state index in [0.29, 0.717) is 0 Å². The second kappa shape index (κ2) is 8.31. The molecule has 0 bridgehead atoms. The minimum atomic E-state index is -1.23. The van der Waals surface area contributed by atoms with E-state index in [9.17, 15) is 20.1 Å². The van der Waals surface area contributed by atoms with E-state index >= 15 is 0 Å². The number of aliphatic hydroxyl groups excluding tert-OH is 3. The van der Waals surface area contributed by atoms with Crippen LogP contribution in [-0.4, -0.2) is 71.5 Å². The molecule has 122 valence electrons. The van der Waals surface area contributed by atoms with Gasteiger partial charge in [-0.15, -0.1) is 0 Å².